The average molecular weight is 288 g/mol. The second kappa shape index (κ2) is 6.45. The Bertz CT molecular complexity index is 482. The molecule has 2 fully saturated rings. The fourth-order valence-electron chi connectivity index (χ4n) is 3.40. The van der Waals surface area contributed by atoms with Crippen molar-refractivity contribution < 1.29 is 4.79 Å². The number of nitrogen functional groups attached to an aromatic ring is 1. The number of piperidine rings is 1. The summed E-state index contributed by atoms with van der Waals surface area (Å²) in [6.45, 7) is 4.14. The Hall–Kier alpha value is -1.59. The molecule has 114 valence electrons. The van der Waals surface area contributed by atoms with Crippen LogP contribution in [0.15, 0.2) is 24.3 Å². The quantitative estimate of drug-likeness (QED) is 0.656. The zero-order valence-electron chi connectivity index (χ0n) is 12.4. The number of benzene rings is 1. The molecule has 1 amide bonds. The van der Waals surface area contributed by atoms with Gasteiger partial charge in [0, 0.05) is 30.4 Å². The first kappa shape index (κ1) is 14.4. The third-order valence-corrected chi connectivity index (χ3v) is 4.66. The molecule has 2 aliphatic heterocycles. The molecule has 3 N–H and O–H groups in total. The van der Waals surface area contributed by atoms with E-state index in [-0.39, 0.29) is 5.91 Å². The first-order valence-corrected chi connectivity index (χ1v) is 7.88. The number of hydrazine groups is 1. The van der Waals surface area contributed by atoms with Gasteiger partial charge in [0.25, 0.3) is 5.91 Å². The van der Waals surface area contributed by atoms with E-state index in [4.69, 9.17) is 5.84 Å². The van der Waals surface area contributed by atoms with Gasteiger partial charge in [0.05, 0.1) is 0 Å². The molecule has 0 aromatic heterocycles. The molecule has 5 nitrogen and oxygen atoms in total. The Kier molecular flexibility index (Phi) is 4.41. The van der Waals surface area contributed by atoms with E-state index >= 15 is 0 Å². The lowest BCUT2D eigenvalue weighted by Crippen LogP contribution is -2.41. The molecule has 2 heterocycles. The highest BCUT2D eigenvalue weighted by Gasteiger charge is 2.31. The van der Waals surface area contributed by atoms with Crippen molar-refractivity contribution >= 4 is 11.6 Å². The third-order valence-electron chi connectivity index (χ3n) is 4.66. The number of rotatable bonds is 3. The van der Waals surface area contributed by atoms with Gasteiger partial charge in [0.2, 0.25) is 0 Å². The Balaban J connectivity index is 1.60. The van der Waals surface area contributed by atoms with E-state index in [0.717, 1.165) is 30.8 Å². The van der Waals surface area contributed by atoms with Gasteiger partial charge in [-0.3, -0.25) is 15.5 Å². The summed E-state index contributed by atoms with van der Waals surface area (Å²) in [6, 6.07) is 7.91. The van der Waals surface area contributed by atoms with Crippen LogP contribution in [-0.2, 0) is 0 Å². The molecule has 1 atom stereocenters. The molecule has 5 heteroatoms. The summed E-state index contributed by atoms with van der Waals surface area (Å²) in [5.41, 5.74) is 4.14. The van der Waals surface area contributed by atoms with E-state index in [2.05, 4.69) is 10.3 Å². The van der Waals surface area contributed by atoms with Crippen molar-refractivity contribution in [2.75, 3.05) is 31.6 Å². The average Bonchev–Trinajstić information content (AvgIpc) is 3.05. The molecular weight excluding hydrogens is 264 g/mol. The summed E-state index contributed by atoms with van der Waals surface area (Å²) >= 11 is 0. The predicted molar refractivity (Wildman–Crippen MR) is 84.0 cm³/mol. The summed E-state index contributed by atoms with van der Waals surface area (Å²) < 4.78 is 0. The number of hydrogen-bond acceptors (Lipinski definition) is 4. The van der Waals surface area contributed by atoms with E-state index < -0.39 is 0 Å². The van der Waals surface area contributed by atoms with Gasteiger partial charge in [-0.05, 0) is 56.6 Å². The SMILES string of the molecule is NNc1ccc(C(=O)N2CCC(N3CCCCC3)C2)cc1. The summed E-state index contributed by atoms with van der Waals surface area (Å²) in [6.07, 6.45) is 5.07. The van der Waals surface area contributed by atoms with E-state index in [9.17, 15) is 4.79 Å². The molecule has 0 radical (unpaired) electrons. The van der Waals surface area contributed by atoms with Crippen LogP contribution in [0.25, 0.3) is 0 Å². The molecule has 3 rings (SSSR count). The fraction of sp³-hybridized carbons (Fsp3) is 0.562. The highest BCUT2D eigenvalue weighted by Crippen LogP contribution is 2.22. The molecule has 0 spiro atoms. The number of anilines is 1. The van der Waals surface area contributed by atoms with Crippen molar-refractivity contribution in [3.63, 3.8) is 0 Å². The Morgan fingerprint density at radius 3 is 2.48 bits per heavy atom. The lowest BCUT2D eigenvalue weighted by Gasteiger charge is -2.32. The van der Waals surface area contributed by atoms with Crippen LogP contribution >= 0.6 is 0 Å². The monoisotopic (exact) mass is 288 g/mol. The lowest BCUT2D eigenvalue weighted by atomic mass is 10.1. The van der Waals surface area contributed by atoms with Gasteiger partial charge in [-0.2, -0.15) is 0 Å². The molecule has 0 bridgehead atoms. The van der Waals surface area contributed by atoms with Crippen LogP contribution in [0.2, 0.25) is 0 Å². The predicted octanol–water partition coefficient (Wildman–Crippen LogP) is 1.67. The number of carbonyl (C=O) groups is 1. The van der Waals surface area contributed by atoms with Crippen LogP contribution in [0.1, 0.15) is 36.0 Å². The lowest BCUT2D eigenvalue weighted by molar-refractivity contribution is 0.0771. The number of likely N-dealkylation sites (tertiary alicyclic amines) is 2. The fourth-order valence-corrected chi connectivity index (χ4v) is 3.40. The number of amides is 1. The highest BCUT2D eigenvalue weighted by atomic mass is 16.2. The van der Waals surface area contributed by atoms with Crippen LogP contribution in [0, 0.1) is 0 Å². The van der Waals surface area contributed by atoms with Crippen LogP contribution in [-0.4, -0.2) is 47.9 Å². The molecule has 1 aromatic rings. The minimum atomic E-state index is 0.137. The summed E-state index contributed by atoms with van der Waals surface area (Å²) in [5, 5.41) is 0. The Labute approximate surface area is 126 Å². The Morgan fingerprint density at radius 2 is 1.81 bits per heavy atom. The van der Waals surface area contributed by atoms with Gasteiger partial charge in [0.15, 0.2) is 0 Å². The van der Waals surface area contributed by atoms with E-state index in [1.165, 1.54) is 32.4 Å². The first-order chi connectivity index (χ1) is 10.3. The second-order valence-corrected chi connectivity index (χ2v) is 6.01. The first-order valence-electron chi connectivity index (χ1n) is 7.88. The molecule has 21 heavy (non-hydrogen) atoms. The largest absolute Gasteiger partial charge is 0.337 e. The maximum absolute atomic E-state index is 12.5. The molecule has 1 aromatic carbocycles. The number of nitrogens with two attached hydrogens (primary N) is 1. The molecule has 2 aliphatic rings. The summed E-state index contributed by atoms with van der Waals surface area (Å²) in [4.78, 5) is 17.1. The molecule has 1 unspecified atom stereocenters. The number of hydrogen-bond donors (Lipinski definition) is 2. The molecular formula is C16H24N4O. The van der Waals surface area contributed by atoms with Gasteiger partial charge in [-0.1, -0.05) is 6.42 Å². The van der Waals surface area contributed by atoms with Crippen LogP contribution in [0.3, 0.4) is 0 Å². The van der Waals surface area contributed by atoms with Gasteiger partial charge in [0.1, 0.15) is 0 Å². The smallest absolute Gasteiger partial charge is 0.253 e. The van der Waals surface area contributed by atoms with Crippen molar-refractivity contribution in [3.8, 4) is 0 Å². The van der Waals surface area contributed by atoms with Gasteiger partial charge in [-0.25, -0.2) is 0 Å². The number of nitrogens with one attached hydrogen (secondary N) is 1. The molecule has 0 saturated carbocycles. The standard InChI is InChI=1S/C16H24N4O/c17-18-14-6-4-13(5-7-14)16(21)20-11-8-15(12-20)19-9-2-1-3-10-19/h4-7,15,18H,1-3,8-12,17H2. The van der Waals surface area contributed by atoms with Crippen LogP contribution in [0.5, 0.6) is 0 Å². The molecule has 2 saturated heterocycles. The van der Waals surface area contributed by atoms with Crippen molar-refractivity contribution in [3.05, 3.63) is 29.8 Å². The van der Waals surface area contributed by atoms with Crippen molar-refractivity contribution in [1.82, 2.24) is 9.80 Å². The van der Waals surface area contributed by atoms with E-state index in [1.807, 2.05) is 29.2 Å². The van der Waals surface area contributed by atoms with Crippen molar-refractivity contribution in [2.45, 2.75) is 31.7 Å². The van der Waals surface area contributed by atoms with Gasteiger partial charge >= 0.3 is 0 Å². The molecule has 0 aliphatic carbocycles. The van der Waals surface area contributed by atoms with Crippen molar-refractivity contribution in [2.24, 2.45) is 5.84 Å². The van der Waals surface area contributed by atoms with E-state index in [1.54, 1.807) is 0 Å². The topological polar surface area (TPSA) is 61.6 Å². The normalized spacial score (nSPS) is 23.3. The summed E-state index contributed by atoms with van der Waals surface area (Å²) in [5.74, 6) is 5.49. The minimum absolute atomic E-state index is 0.137. The van der Waals surface area contributed by atoms with Crippen LogP contribution < -0.4 is 11.3 Å². The zero-order valence-corrected chi connectivity index (χ0v) is 12.4. The van der Waals surface area contributed by atoms with Crippen molar-refractivity contribution in [1.29, 1.82) is 0 Å². The van der Waals surface area contributed by atoms with E-state index in [0.29, 0.717) is 6.04 Å². The van der Waals surface area contributed by atoms with Crippen LogP contribution in [0.4, 0.5) is 5.69 Å². The second-order valence-electron chi connectivity index (χ2n) is 6.01. The number of carbonyl (C=O) groups excluding carboxylic acids is 1. The zero-order chi connectivity index (χ0) is 14.7. The number of nitrogens with zero attached hydrogens (tertiary/aromatic N) is 2. The maximum atomic E-state index is 12.5. The Morgan fingerprint density at radius 1 is 1.10 bits per heavy atom. The van der Waals surface area contributed by atoms with Gasteiger partial charge in [-0.15, -0.1) is 0 Å². The highest BCUT2D eigenvalue weighted by molar-refractivity contribution is 5.94. The third kappa shape index (κ3) is 3.19. The van der Waals surface area contributed by atoms with Gasteiger partial charge < -0.3 is 10.3 Å². The summed E-state index contributed by atoms with van der Waals surface area (Å²) in [7, 11) is 0. The minimum Gasteiger partial charge on any atom is -0.337 e. The maximum Gasteiger partial charge on any atom is 0.253 e.